The summed E-state index contributed by atoms with van der Waals surface area (Å²) in [6, 6.07) is 5.15. The summed E-state index contributed by atoms with van der Waals surface area (Å²) in [6.45, 7) is 9.06. The van der Waals surface area contributed by atoms with E-state index in [4.69, 9.17) is 0 Å². The van der Waals surface area contributed by atoms with E-state index in [2.05, 4.69) is 6.58 Å². The zero-order valence-corrected chi connectivity index (χ0v) is 15.4. The Balaban J connectivity index is 2.54. The number of benzene rings is 1. The molecule has 1 heterocycles. The first-order chi connectivity index (χ1) is 10.5. The molecule has 1 aromatic rings. The van der Waals surface area contributed by atoms with Gasteiger partial charge in [-0.05, 0) is 38.8 Å². The lowest BCUT2D eigenvalue weighted by Crippen LogP contribution is -2.50. The van der Waals surface area contributed by atoms with Crippen molar-refractivity contribution in [2.75, 3.05) is 18.1 Å². The molecule has 0 bridgehead atoms. The van der Waals surface area contributed by atoms with Crippen LogP contribution in [0, 0.1) is 13.8 Å². The summed E-state index contributed by atoms with van der Waals surface area (Å²) in [7, 11) is -7.02. The third-order valence-corrected chi connectivity index (χ3v) is 8.35. The number of sulfonamides is 1. The van der Waals surface area contributed by atoms with E-state index < -0.39 is 25.4 Å². The fourth-order valence-electron chi connectivity index (χ4n) is 3.12. The van der Waals surface area contributed by atoms with Crippen LogP contribution in [0.15, 0.2) is 35.7 Å². The minimum Gasteiger partial charge on any atom is -0.229 e. The van der Waals surface area contributed by atoms with E-state index in [9.17, 15) is 16.8 Å². The van der Waals surface area contributed by atoms with E-state index in [1.54, 1.807) is 26.0 Å². The highest BCUT2D eigenvalue weighted by molar-refractivity contribution is 7.92. The van der Waals surface area contributed by atoms with Crippen molar-refractivity contribution >= 4 is 19.9 Å². The maximum atomic E-state index is 13.1. The van der Waals surface area contributed by atoms with Crippen LogP contribution in [0.4, 0.5) is 0 Å². The van der Waals surface area contributed by atoms with Crippen molar-refractivity contribution in [1.82, 2.24) is 4.31 Å². The largest absolute Gasteiger partial charge is 0.244 e. The van der Waals surface area contributed by atoms with Gasteiger partial charge in [0, 0.05) is 12.1 Å². The highest BCUT2D eigenvalue weighted by atomic mass is 32.2. The van der Waals surface area contributed by atoms with Crippen LogP contribution in [-0.4, -0.2) is 44.7 Å². The molecule has 0 amide bonds. The molecule has 0 unspecified atom stereocenters. The van der Waals surface area contributed by atoms with Gasteiger partial charge in [0.1, 0.15) is 0 Å². The normalized spacial score (nSPS) is 24.0. The Labute approximate surface area is 139 Å². The van der Waals surface area contributed by atoms with Crippen LogP contribution in [0.2, 0.25) is 0 Å². The van der Waals surface area contributed by atoms with Crippen LogP contribution >= 0.6 is 0 Å². The summed E-state index contributed by atoms with van der Waals surface area (Å²) in [5.41, 5.74) is 0.693. The fourth-order valence-corrected chi connectivity index (χ4v) is 7.33. The molecule has 1 atom stereocenters. The van der Waals surface area contributed by atoms with Crippen molar-refractivity contribution in [2.24, 2.45) is 0 Å². The van der Waals surface area contributed by atoms with Crippen LogP contribution in [0.5, 0.6) is 0 Å². The number of aryl methyl sites for hydroxylation is 2. The first kappa shape index (κ1) is 18.2. The lowest BCUT2D eigenvalue weighted by Gasteiger charge is -2.36. The molecule has 1 aromatic carbocycles. The molecule has 0 aliphatic carbocycles. The Kier molecular flexibility index (Phi) is 4.76. The molecule has 0 spiro atoms. The number of sulfone groups is 1. The molecule has 1 fully saturated rings. The van der Waals surface area contributed by atoms with Crippen molar-refractivity contribution in [1.29, 1.82) is 0 Å². The van der Waals surface area contributed by atoms with Gasteiger partial charge < -0.3 is 0 Å². The first-order valence-electron chi connectivity index (χ1n) is 7.43. The Morgan fingerprint density at radius 3 is 2.48 bits per heavy atom. The highest BCUT2D eigenvalue weighted by Gasteiger charge is 2.47. The fraction of sp³-hybridized carbons (Fsp3) is 0.500. The van der Waals surface area contributed by atoms with E-state index in [0.29, 0.717) is 12.0 Å². The van der Waals surface area contributed by atoms with Crippen LogP contribution in [0.3, 0.4) is 0 Å². The molecule has 7 heteroatoms. The zero-order chi connectivity index (χ0) is 17.5. The van der Waals surface area contributed by atoms with Gasteiger partial charge in [0.15, 0.2) is 9.84 Å². The lowest BCUT2D eigenvalue weighted by atomic mass is 10.0. The molecule has 23 heavy (non-hydrogen) atoms. The van der Waals surface area contributed by atoms with Gasteiger partial charge in [-0.1, -0.05) is 23.8 Å². The molecular formula is C16H23NO4S2. The summed E-state index contributed by atoms with van der Waals surface area (Å²) in [5.74, 6) is -0.141. The Morgan fingerprint density at radius 1 is 1.35 bits per heavy atom. The van der Waals surface area contributed by atoms with Crippen molar-refractivity contribution in [2.45, 2.75) is 37.6 Å². The van der Waals surface area contributed by atoms with Gasteiger partial charge in [-0.2, -0.15) is 4.31 Å². The van der Waals surface area contributed by atoms with Gasteiger partial charge in [0.05, 0.1) is 16.4 Å². The number of hydrogen-bond donors (Lipinski definition) is 0. The molecular weight excluding hydrogens is 334 g/mol. The third kappa shape index (κ3) is 3.51. The van der Waals surface area contributed by atoms with Gasteiger partial charge in [0.2, 0.25) is 10.0 Å². The van der Waals surface area contributed by atoms with Gasteiger partial charge in [-0.25, -0.2) is 16.8 Å². The third-order valence-electron chi connectivity index (χ3n) is 4.28. The molecule has 128 valence electrons. The topological polar surface area (TPSA) is 71.5 Å². The standard InChI is InChI=1S/C16H23NO4S2/c1-5-9-17(16(4)8-10-22(18,19)12-16)23(20,21)15-7-6-13(2)11-14(15)3/h5-7,11H,1,8-10,12H2,2-4H3/t16-/m1/s1. The van der Waals surface area contributed by atoms with Crippen molar-refractivity contribution in [3.63, 3.8) is 0 Å². The molecule has 0 N–H and O–H groups in total. The van der Waals surface area contributed by atoms with Gasteiger partial charge in [-0.15, -0.1) is 6.58 Å². The molecule has 1 aliphatic rings. The average Bonchev–Trinajstić information content (AvgIpc) is 2.70. The van der Waals surface area contributed by atoms with E-state index in [1.165, 1.54) is 10.4 Å². The SMILES string of the molecule is C=CCN([C@]1(C)CCS(=O)(=O)C1)S(=O)(=O)c1ccc(C)cc1C. The second-order valence-electron chi connectivity index (χ2n) is 6.43. The van der Waals surface area contributed by atoms with Gasteiger partial charge in [-0.3, -0.25) is 0 Å². The summed E-state index contributed by atoms with van der Waals surface area (Å²) in [4.78, 5) is 0.218. The van der Waals surface area contributed by atoms with E-state index >= 15 is 0 Å². The summed E-state index contributed by atoms with van der Waals surface area (Å²) in [5, 5.41) is 0. The minimum absolute atomic E-state index is 0.0134. The number of rotatable bonds is 5. The highest BCUT2D eigenvalue weighted by Crippen LogP contribution is 2.34. The monoisotopic (exact) mass is 357 g/mol. The van der Waals surface area contributed by atoms with E-state index in [-0.39, 0.29) is 22.9 Å². The predicted octanol–water partition coefficient (Wildman–Crippen LogP) is 2.06. The second-order valence-corrected chi connectivity index (χ2v) is 10.4. The predicted molar refractivity (Wildman–Crippen MR) is 91.7 cm³/mol. The average molecular weight is 357 g/mol. The van der Waals surface area contributed by atoms with Crippen molar-refractivity contribution in [3.8, 4) is 0 Å². The maximum absolute atomic E-state index is 13.1. The van der Waals surface area contributed by atoms with Gasteiger partial charge in [0.25, 0.3) is 0 Å². The summed E-state index contributed by atoms with van der Waals surface area (Å²) >= 11 is 0. The van der Waals surface area contributed by atoms with Crippen molar-refractivity contribution in [3.05, 3.63) is 42.0 Å². The molecule has 1 saturated heterocycles. The maximum Gasteiger partial charge on any atom is 0.244 e. The van der Waals surface area contributed by atoms with Gasteiger partial charge >= 0.3 is 0 Å². The molecule has 0 radical (unpaired) electrons. The quantitative estimate of drug-likeness (QED) is 0.756. The molecule has 1 aliphatic heterocycles. The number of nitrogens with zero attached hydrogens (tertiary/aromatic N) is 1. The summed E-state index contributed by atoms with van der Waals surface area (Å²) in [6.07, 6.45) is 1.80. The smallest absolute Gasteiger partial charge is 0.229 e. The Hall–Kier alpha value is -1.18. The van der Waals surface area contributed by atoms with Crippen LogP contribution in [0.25, 0.3) is 0 Å². The second kappa shape index (κ2) is 6.03. The first-order valence-corrected chi connectivity index (χ1v) is 10.7. The zero-order valence-electron chi connectivity index (χ0n) is 13.7. The molecule has 0 aromatic heterocycles. The van der Waals surface area contributed by atoms with Crippen LogP contribution in [0.1, 0.15) is 24.5 Å². The molecule has 0 saturated carbocycles. The number of hydrogen-bond acceptors (Lipinski definition) is 4. The summed E-state index contributed by atoms with van der Waals surface area (Å²) < 4.78 is 51.3. The van der Waals surface area contributed by atoms with Crippen LogP contribution in [-0.2, 0) is 19.9 Å². The Bertz CT molecular complexity index is 828. The lowest BCUT2D eigenvalue weighted by molar-refractivity contribution is 0.252. The van der Waals surface area contributed by atoms with E-state index in [0.717, 1.165) is 5.56 Å². The Morgan fingerprint density at radius 2 is 2.00 bits per heavy atom. The van der Waals surface area contributed by atoms with E-state index in [1.807, 2.05) is 13.0 Å². The molecule has 5 nitrogen and oxygen atoms in total. The minimum atomic E-state index is -3.81. The van der Waals surface area contributed by atoms with Crippen LogP contribution < -0.4 is 0 Å². The molecule has 2 rings (SSSR count). The van der Waals surface area contributed by atoms with Crippen molar-refractivity contribution < 1.29 is 16.8 Å².